The lowest BCUT2D eigenvalue weighted by Gasteiger charge is -2.06. The summed E-state index contributed by atoms with van der Waals surface area (Å²) in [4.78, 5) is 11.1. The van der Waals surface area contributed by atoms with Gasteiger partial charge < -0.3 is 0 Å². The number of hydrogen-bond acceptors (Lipinski definition) is 3. The number of aryl methyl sites for hydroxylation is 1. The lowest BCUT2D eigenvalue weighted by Crippen LogP contribution is -2.08. The first-order valence-electron chi connectivity index (χ1n) is 5.72. The first-order valence-corrected chi connectivity index (χ1v) is 6.64. The zero-order valence-electron chi connectivity index (χ0n) is 10.6. The standard InChI is InChI=1S/C11H18BrN3O2/c1-5-8(12)6-9-11(15(16)17)10(7(2)3)13-14(9)4/h7-8H,5-6H2,1-4H3. The molecule has 0 aromatic carbocycles. The molecule has 0 aliphatic heterocycles. The summed E-state index contributed by atoms with van der Waals surface area (Å²) in [6.07, 6.45) is 1.56. The summed E-state index contributed by atoms with van der Waals surface area (Å²) in [5.74, 6) is 0.0609. The lowest BCUT2D eigenvalue weighted by molar-refractivity contribution is -0.386. The van der Waals surface area contributed by atoms with Crippen molar-refractivity contribution in [1.29, 1.82) is 0 Å². The Kier molecular flexibility index (Phi) is 4.68. The normalized spacial score (nSPS) is 13.1. The van der Waals surface area contributed by atoms with Gasteiger partial charge in [-0.1, -0.05) is 36.7 Å². The predicted octanol–water partition coefficient (Wildman–Crippen LogP) is 3.17. The number of rotatable bonds is 5. The van der Waals surface area contributed by atoms with Crippen LogP contribution in [0.2, 0.25) is 0 Å². The van der Waals surface area contributed by atoms with Crippen LogP contribution in [0.4, 0.5) is 5.69 Å². The van der Waals surface area contributed by atoms with Gasteiger partial charge in [-0.2, -0.15) is 5.10 Å². The van der Waals surface area contributed by atoms with Crippen LogP contribution in [0, 0.1) is 10.1 Å². The maximum atomic E-state index is 11.2. The molecule has 5 nitrogen and oxygen atoms in total. The van der Waals surface area contributed by atoms with E-state index in [9.17, 15) is 10.1 Å². The van der Waals surface area contributed by atoms with E-state index in [0.717, 1.165) is 6.42 Å². The molecule has 1 atom stereocenters. The van der Waals surface area contributed by atoms with Gasteiger partial charge in [-0.15, -0.1) is 0 Å². The van der Waals surface area contributed by atoms with Crippen LogP contribution in [0.1, 0.15) is 44.5 Å². The van der Waals surface area contributed by atoms with Gasteiger partial charge >= 0.3 is 5.69 Å². The van der Waals surface area contributed by atoms with Gasteiger partial charge in [-0.25, -0.2) is 0 Å². The maximum Gasteiger partial charge on any atom is 0.313 e. The SMILES string of the molecule is CCC(Br)Cc1c([N+](=O)[O-])c(C(C)C)nn1C. The van der Waals surface area contributed by atoms with Gasteiger partial charge in [0.2, 0.25) is 0 Å². The molecule has 0 spiro atoms. The van der Waals surface area contributed by atoms with Crippen molar-refractivity contribution in [3.05, 3.63) is 21.5 Å². The fourth-order valence-corrected chi connectivity index (χ4v) is 2.05. The van der Waals surface area contributed by atoms with Crippen molar-refractivity contribution < 1.29 is 4.92 Å². The van der Waals surface area contributed by atoms with Crippen LogP contribution in [-0.2, 0) is 13.5 Å². The summed E-state index contributed by atoms with van der Waals surface area (Å²) >= 11 is 3.51. The van der Waals surface area contributed by atoms with Crippen LogP contribution in [0.5, 0.6) is 0 Å². The van der Waals surface area contributed by atoms with Gasteiger partial charge in [0.15, 0.2) is 0 Å². The molecule has 0 fully saturated rings. The highest BCUT2D eigenvalue weighted by Crippen LogP contribution is 2.30. The highest BCUT2D eigenvalue weighted by atomic mass is 79.9. The van der Waals surface area contributed by atoms with Crippen LogP contribution >= 0.6 is 15.9 Å². The smallest absolute Gasteiger partial charge is 0.265 e. The van der Waals surface area contributed by atoms with E-state index in [0.29, 0.717) is 17.8 Å². The number of nitro groups is 1. The third-order valence-corrected chi connectivity index (χ3v) is 3.72. The van der Waals surface area contributed by atoms with E-state index in [1.165, 1.54) is 0 Å². The molecule has 0 N–H and O–H groups in total. The van der Waals surface area contributed by atoms with E-state index in [-0.39, 0.29) is 21.4 Å². The number of aromatic nitrogens is 2. The fraction of sp³-hybridized carbons (Fsp3) is 0.727. The van der Waals surface area contributed by atoms with Gasteiger partial charge in [-0.05, 0) is 6.42 Å². The van der Waals surface area contributed by atoms with Gasteiger partial charge in [0.25, 0.3) is 0 Å². The Morgan fingerprint density at radius 3 is 2.53 bits per heavy atom. The molecule has 0 bridgehead atoms. The predicted molar refractivity (Wildman–Crippen MR) is 70.7 cm³/mol. The highest BCUT2D eigenvalue weighted by Gasteiger charge is 2.28. The van der Waals surface area contributed by atoms with E-state index in [1.807, 2.05) is 20.8 Å². The minimum atomic E-state index is -0.312. The largest absolute Gasteiger partial charge is 0.313 e. The molecule has 1 rings (SSSR count). The Hall–Kier alpha value is -0.910. The van der Waals surface area contributed by atoms with E-state index in [4.69, 9.17) is 0 Å². The van der Waals surface area contributed by atoms with E-state index in [2.05, 4.69) is 21.0 Å². The number of alkyl halides is 1. The van der Waals surface area contributed by atoms with Gasteiger partial charge in [0, 0.05) is 24.2 Å². The second-order valence-electron chi connectivity index (χ2n) is 4.43. The van der Waals surface area contributed by atoms with Crippen molar-refractivity contribution in [3.63, 3.8) is 0 Å². The Labute approximate surface area is 109 Å². The minimum absolute atomic E-state index is 0.0609. The Morgan fingerprint density at radius 2 is 2.12 bits per heavy atom. The van der Waals surface area contributed by atoms with E-state index >= 15 is 0 Å². The molecule has 96 valence electrons. The van der Waals surface area contributed by atoms with Crippen molar-refractivity contribution in [2.45, 2.75) is 44.4 Å². The summed E-state index contributed by atoms with van der Waals surface area (Å²) in [7, 11) is 1.77. The van der Waals surface area contributed by atoms with Crippen LogP contribution in [0.25, 0.3) is 0 Å². The molecular formula is C11H18BrN3O2. The Morgan fingerprint density at radius 1 is 1.53 bits per heavy atom. The third kappa shape index (κ3) is 3.06. The zero-order chi connectivity index (χ0) is 13.2. The maximum absolute atomic E-state index is 11.2. The summed E-state index contributed by atoms with van der Waals surface area (Å²) < 4.78 is 1.64. The van der Waals surface area contributed by atoms with E-state index < -0.39 is 0 Å². The molecular weight excluding hydrogens is 286 g/mol. The Balaban J connectivity index is 3.23. The summed E-state index contributed by atoms with van der Waals surface area (Å²) in [6.45, 7) is 5.89. The quantitative estimate of drug-likeness (QED) is 0.477. The third-order valence-electron chi connectivity index (χ3n) is 2.75. The molecule has 0 saturated carbocycles. The molecule has 6 heteroatoms. The van der Waals surface area contributed by atoms with Crippen molar-refractivity contribution in [2.75, 3.05) is 0 Å². The van der Waals surface area contributed by atoms with Crippen LogP contribution in [-0.4, -0.2) is 19.5 Å². The topological polar surface area (TPSA) is 61.0 Å². The van der Waals surface area contributed by atoms with Crippen molar-refractivity contribution in [2.24, 2.45) is 7.05 Å². The molecule has 17 heavy (non-hydrogen) atoms. The minimum Gasteiger partial charge on any atom is -0.265 e. The van der Waals surface area contributed by atoms with Gasteiger partial charge in [0.1, 0.15) is 11.4 Å². The Bertz CT molecular complexity index is 415. The molecule has 0 aliphatic carbocycles. The second kappa shape index (κ2) is 5.62. The van der Waals surface area contributed by atoms with Gasteiger partial charge in [-0.3, -0.25) is 14.8 Å². The van der Waals surface area contributed by atoms with Crippen LogP contribution in [0.15, 0.2) is 0 Å². The van der Waals surface area contributed by atoms with Gasteiger partial charge in [0.05, 0.1) is 4.92 Å². The molecule has 0 saturated heterocycles. The molecule has 1 heterocycles. The first-order chi connectivity index (χ1) is 7.88. The van der Waals surface area contributed by atoms with Crippen molar-refractivity contribution >= 4 is 21.6 Å². The molecule has 0 radical (unpaired) electrons. The van der Waals surface area contributed by atoms with E-state index in [1.54, 1.807) is 11.7 Å². The summed E-state index contributed by atoms with van der Waals surface area (Å²) in [5.41, 5.74) is 1.45. The molecule has 1 aromatic rings. The molecule has 0 aliphatic rings. The van der Waals surface area contributed by atoms with Crippen LogP contribution in [0.3, 0.4) is 0 Å². The number of nitrogens with zero attached hydrogens (tertiary/aromatic N) is 3. The second-order valence-corrected chi connectivity index (χ2v) is 5.72. The average molecular weight is 304 g/mol. The average Bonchev–Trinajstić information content (AvgIpc) is 2.56. The molecule has 1 aromatic heterocycles. The first kappa shape index (κ1) is 14.2. The molecule has 1 unspecified atom stereocenters. The summed E-state index contributed by atoms with van der Waals surface area (Å²) in [5, 5.41) is 15.4. The number of hydrogen-bond donors (Lipinski definition) is 0. The lowest BCUT2D eigenvalue weighted by atomic mass is 10.1. The van der Waals surface area contributed by atoms with Crippen molar-refractivity contribution in [3.8, 4) is 0 Å². The fourth-order valence-electron chi connectivity index (χ4n) is 1.74. The summed E-state index contributed by atoms with van der Waals surface area (Å²) in [6, 6.07) is 0. The highest BCUT2D eigenvalue weighted by molar-refractivity contribution is 9.09. The van der Waals surface area contributed by atoms with Crippen molar-refractivity contribution in [1.82, 2.24) is 9.78 Å². The zero-order valence-corrected chi connectivity index (χ0v) is 12.2. The molecule has 0 amide bonds. The van der Waals surface area contributed by atoms with Crippen LogP contribution < -0.4 is 0 Å². The monoisotopic (exact) mass is 303 g/mol. The number of halogens is 1.